The largest absolute Gasteiger partial charge is 0.466 e. The fraction of sp³-hybridized carbons (Fsp3) is 0.250. The number of halogens is 1. The molecular weight excluding hydrogens is 381 g/mol. The smallest absolute Gasteiger partial charge is 0.311 e. The van der Waals surface area contributed by atoms with E-state index >= 15 is 0 Å². The summed E-state index contributed by atoms with van der Waals surface area (Å²) in [7, 11) is 0. The Balaban J connectivity index is 1.73. The Hall–Kier alpha value is -2.46. The highest BCUT2D eigenvalue weighted by molar-refractivity contribution is 8.01. The van der Waals surface area contributed by atoms with Crippen LogP contribution < -0.4 is 10.9 Å². The lowest BCUT2D eigenvalue weighted by atomic mass is 10.2. The van der Waals surface area contributed by atoms with Crippen LogP contribution in [0.5, 0.6) is 0 Å². The second kappa shape index (κ2) is 9.88. The fourth-order valence-corrected chi connectivity index (χ4v) is 3.40. The van der Waals surface area contributed by atoms with Gasteiger partial charge in [0.25, 0.3) is 5.91 Å². The minimum atomic E-state index is -0.547. The summed E-state index contributed by atoms with van der Waals surface area (Å²) in [6, 6.07) is 4.93. The van der Waals surface area contributed by atoms with Crippen molar-refractivity contribution in [1.82, 2.24) is 15.8 Å². The summed E-state index contributed by atoms with van der Waals surface area (Å²) in [5.41, 5.74) is 5.33. The zero-order valence-corrected chi connectivity index (χ0v) is 15.4. The first-order valence-corrected chi connectivity index (χ1v) is 9.42. The van der Waals surface area contributed by atoms with Crippen LogP contribution in [0.1, 0.15) is 23.0 Å². The molecule has 10 heteroatoms. The lowest BCUT2D eigenvalue weighted by molar-refractivity contribution is -0.142. The summed E-state index contributed by atoms with van der Waals surface area (Å²) in [6.07, 6.45) is 0.0881. The molecule has 0 aliphatic rings. The number of thiazole rings is 1. The third-order valence-electron chi connectivity index (χ3n) is 2.91. The number of ether oxygens (including phenoxy) is 1. The molecule has 0 aliphatic heterocycles. The van der Waals surface area contributed by atoms with Gasteiger partial charge < -0.3 is 4.74 Å². The first kappa shape index (κ1) is 19.9. The Morgan fingerprint density at radius 1 is 1.23 bits per heavy atom. The Kier molecular flexibility index (Phi) is 7.54. The quantitative estimate of drug-likeness (QED) is 0.421. The number of benzene rings is 1. The number of amides is 2. The van der Waals surface area contributed by atoms with Gasteiger partial charge in [0.2, 0.25) is 5.91 Å². The van der Waals surface area contributed by atoms with Crippen molar-refractivity contribution in [3.63, 3.8) is 0 Å². The minimum Gasteiger partial charge on any atom is -0.466 e. The monoisotopic (exact) mass is 397 g/mol. The molecule has 0 spiro atoms. The lowest BCUT2D eigenvalue weighted by Crippen LogP contribution is -2.42. The Morgan fingerprint density at radius 2 is 1.96 bits per heavy atom. The van der Waals surface area contributed by atoms with E-state index in [1.807, 2.05) is 0 Å². The Morgan fingerprint density at radius 3 is 2.65 bits per heavy atom. The van der Waals surface area contributed by atoms with E-state index in [0.717, 1.165) is 12.1 Å². The molecule has 7 nitrogen and oxygen atoms in total. The average molecular weight is 397 g/mol. The van der Waals surface area contributed by atoms with Gasteiger partial charge in [0, 0.05) is 10.9 Å². The number of aromatic nitrogens is 1. The predicted molar refractivity (Wildman–Crippen MR) is 95.2 cm³/mol. The van der Waals surface area contributed by atoms with Crippen molar-refractivity contribution in [1.29, 1.82) is 0 Å². The molecular formula is C16H16FN3O4S2. The third-order valence-corrected chi connectivity index (χ3v) is 4.98. The molecule has 0 atom stereocenters. The number of hydrazine groups is 1. The van der Waals surface area contributed by atoms with E-state index in [1.165, 1.54) is 35.2 Å². The molecule has 0 saturated carbocycles. The number of esters is 1. The summed E-state index contributed by atoms with van der Waals surface area (Å²) in [6.45, 7) is 2.04. The first-order valence-electron chi connectivity index (χ1n) is 7.55. The summed E-state index contributed by atoms with van der Waals surface area (Å²) in [5.74, 6) is -1.74. The van der Waals surface area contributed by atoms with Crippen molar-refractivity contribution in [2.75, 3.05) is 12.4 Å². The second-order valence-corrected chi connectivity index (χ2v) is 6.96. The molecule has 2 amide bonds. The topological polar surface area (TPSA) is 97.4 Å². The molecule has 2 rings (SSSR count). The molecule has 0 bridgehead atoms. The van der Waals surface area contributed by atoms with Gasteiger partial charge in [0.1, 0.15) is 5.82 Å². The number of hydrogen-bond donors (Lipinski definition) is 2. The van der Waals surface area contributed by atoms with Crippen LogP contribution in [-0.4, -0.2) is 35.1 Å². The highest BCUT2D eigenvalue weighted by Gasteiger charge is 2.11. The molecule has 2 aromatic rings. The van der Waals surface area contributed by atoms with Crippen LogP contribution in [0.15, 0.2) is 34.0 Å². The highest BCUT2D eigenvalue weighted by atomic mass is 32.2. The van der Waals surface area contributed by atoms with Crippen LogP contribution in [0.4, 0.5) is 4.39 Å². The number of carbonyl (C=O) groups excluding carboxylic acids is 3. The second-order valence-electron chi connectivity index (χ2n) is 4.88. The van der Waals surface area contributed by atoms with Crippen LogP contribution >= 0.6 is 23.1 Å². The number of nitrogens with zero attached hydrogens (tertiary/aromatic N) is 1. The van der Waals surface area contributed by atoms with Crippen LogP contribution in [0.3, 0.4) is 0 Å². The van der Waals surface area contributed by atoms with E-state index in [9.17, 15) is 18.8 Å². The normalized spacial score (nSPS) is 10.2. The van der Waals surface area contributed by atoms with E-state index in [-0.39, 0.29) is 23.7 Å². The van der Waals surface area contributed by atoms with Crippen LogP contribution in [0.25, 0.3) is 0 Å². The Bertz CT molecular complexity index is 780. The van der Waals surface area contributed by atoms with E-state index in [0.29, 0.717) is 16.6 Å². The molecule has 1 heterocycles. The number of rotatable bonds is 7. The standard InChI is InChI=1S/C16H16FN3O4S2/c1-2-24-14(22)7-12-8-25-16(18-12)26-9-13(21)19-20-15(23)10-3-5-11(17)6-4-10/h3-6,8H,2,7,9H2,1H3,(H,19,21)(H,20,23). The molecule has 0 unspecified atom stereocenters. The van der Waals surface area contributed by atoms with Gasteiger partial charge in [-0.3, -0.25) is 25.2 Å². The van der Waals surface area contributed by atoms with Gasteiger partial charge in [-0.2, -0.15) is 0 Å². The first-order chi connectivity index (χ1) is 12.5. The molecule has 0 radical (unpaired) electrons. The van der Waals surface area contributed by atoms with Crippen LogP contribution in [0.2, 0.25) is 0 Å². The molecule has 0 aliphatic carbocycles. The van der Waals surface area contributed by atoms with Gasteiger partial charge in [0.05, 0.1) is 24.5 Å². The molecule has 0 saturated heterocycles. The summed E-state index contributed by atoms with van der Waals surface area (Å²) in [5, 5.41) is 1.73. The Labute approximate surface area is 157 Å². The number of nitrogens with one attached hydrogen (secondary N) is 2. The van der Waals surface area contributed by atoms with E-state index < -0.39 is 17.6 Å². The predicted octanol–water partition coefficient (Wildman–Crippen LogP) is 1.94. The van der Waals surface area contributed by atoms with Crippen molar-refractivity contribution >= 4 is 40.9 Å². The van der Waals surface area contributed by atoms with Crippen LogP contribution in [0, 0.1) is 5.82 Å². The van der Waals surface area contributed by atoms with Crippen molar-refractivity contribution in [2.24, 2.45) is 0 Å². The number of thioether (sulfide) groups is 1. The van der Waals surface area contributed by atoms with Crippen LogP contribution in [-0.2, 0) is 20.7 Å². The lowest BCUT2D eigenvalue weighted by Gasteiger charge is -2.06. The van der Waals surface area contributed by atoms with Gasteiger partial charge in [-0.15, -0.1) is 11.3 Å². The zero-order chi connectivity index (χ0) is 18.9. The maximum absolute atomic E-state index is 12.8. The van der Waals surface area contributed by atoms with Gasteiger partial charge in [-0.1, -0.05) is 11.8 Å². The maximum atomic E-state index is 12.8. The van der Waals surface area contributed by atoms with Crippen molar-refractivity contribution < 1.29 is 23.5 Å². The number of carbonyl (C=O) groups is 3. The molecule has 26 heavy (non-hydrogen) atoms. The van der Waals surface area contributed by atoms with Crippen molar-refractivity contribution in [2.45, 2.75) is 17.7 Å². The van der Waals surface area contributed by atoms with Gasteiger partial charge >= 0.3 is 5.97 Å². The van der Waals surface area contributed by atoms with Crippen molar-refractivity contribution in [3.8, 4) is 0 Å². The van der Waals surface area contributed by atoms with E-state index in [4.69, 9.17) is 4.74 Å². The van der Waals surface area contributed by atoms with E-state index in [1.54, 1.807) is 12.3 Å². The summed E-state index contributed by atoms with van der Waals surface area (Å²) < 4.78 is 18.3. The van der Waals surface area contributed by atoms with Gasteiger partial charge in [0.15, 0.2) is 4.34 Å². The fourth-order valence-electron chi connectivity index (χ4n) is 1.76. The molecule has 1 aromatic carbocycles. The molecule has 2 N–H and O–H groups in total. The molecule has 138 valence electrons. The van der Waals surface area contributed by atoms with Gasteiger partial charge in [-0.25, -0.2) is 9.37 Å². The highest BCUT2D eigenvalue weighted by Crippen LogP contribution is 2.22. The SMILES string of the molecule is CCOC(=O)Cc1csc(SCC(=O)NNC(=O)c2ccc(F)cc2)n1. The van der Waals surface area contributed by atoms with Gasteiger partial charge in [-0.05, 0) is 31.2 Å². The average Bonchev–Trinajstić information content (AvgIpc) is 3.06. The van der Waals surface area contributed by atoms with E-state index in [2.05, 4.69) is 15.8 Å². The third kappa shape index (κ3) is 6.45. The molecule has 0 fully saturated rings. The number of hydrogen-bond acceptors (Lipinski definition) is 7. The summed E-state index contributed by atoms with van der Waals surface area (Å²) >= 11 is 2.50. The maximum Gasteiger partial charge on any atom is 0.311 e. The summed E-state index contributed by atoms with van der Waals surface area (Å²) in [4.78, 5) is 39.2. The minimum absolute atomic E-state index is 0.0378. The molecule has 1 aromatic heterocycles. The zero-order valence-electron chi connectivity index (χ0n) is 13.8. The van der Waals surface area contributed by atoms with Crippen molar-refractivity contribution in [3.05, 3.63) is 46.7 Å².